The molecule has 28 heavy (non-hydrogen) atoms. The number of benzene rings is 2. The van der Waals surface area contributed by atoms with Crippen LogP contribution >= 0.6 is 0 Å². The van der Waals surface area contributed by atoms with Gasteiger partial charge in [-0.3, -0.25) is 4.79 Å². The van der Waals surface area contributed by atoms with Crippen molar-refractivity contribution in [3.05, 3.63) is 77.9 Å². The average Bonchev–Trinajstić information content (AvgIpc) is 3.11. The van der Waals surface area contributed by atoms with Crippen molar-refractivity contribution in [2.45, 2.75) is 12.7 Å². The molecule has 0 aliphatic heterocycles. The smallest absolute Gasteiger partial charge is 0.387 e. The van der Waals surface area contributed by atoms with E-state index in [-0.39, 0.29) is 11.3 Å². The molecule has 1 heterocycles. The Morgan fingerprint density at radius 1 is 1.14 bits per heavy atom. The van der Waals surface area contributed by atoms with Crippen LogP contribution in [0.15, 0.2) is 60.9 Å². The second-order valence-electron chi connectivity index (χ2n) is 5.99. The molecular weight excluding hydrogens is 368 g/mol. The number of nitrogens with one attached hydrogen (secondary N) is 1. The Bertz CT molecular complexity index is 959. The highest BCUT2D eigenvalue weighted by Gasteiger charge is 2.22. The lowest BCUT2D eigenvalue weighted by molar-refractivity contribution is -0.0498. The number of methoxy groups -OCH3 is 1. The van der Waals surface area contributed by atoms with Gasteiger partial charge in [0.25, 0.3) is 5.91 Å². The summed E-state index contributed by atoms with van der Waals surface area (Å²) < 4.78 is 36.3. The van der Waals surface area contributed by atoms with Crippen molar-refractivity contribution in [3.63, 3.8) is 0 Å². The minimum Gasteiger partial charge on any atom is -0.497 e. The Balaban J connectivity index is 1.91. The van der Waals surface area contributed by atoms with Crippen LogP contribution < -0.4 is 14.8 Å². The highest BCUT2D eigenvalue weighted by molar-refractivity contribution is 5.95. The molecule has 0 radical (unpaired) electrons. The summed E-state index contributed by atoms with van der Waals surface area (Å²) in [6, 6.07) is 12.3. The molecule has 0 bridgehead atoms. The molecule has 0 aliphatic carbocycles. The van der Waals surface area contributed by atoms with Crippen LogP contribution in [0.2, 0.25) is 0 Å². The fourth-order valence-corrected chi connectivity index (χ4v) is 2.80. The summed E-state index contributed by atoms with van der Waals surface area (Å²) in [5.41, 5.74) is 0.960. The molecule has 0 saturated carbocycles. The number of imidazole rings is 1. The Morgan fingerprint density at radius 2 is 1.89 bits per heavy atom. The Kier molecular flexibility index (Phi) is 5.88. The third-order valence-electron chi connectivity index (χ3n) is 4.14. The topological polar surface area (TPSA) is 65.4 Å². The molecule has 2 aromatic carbocycles. The Labute approximate surface area is 160 Å². The van der Waals surface area contributed by atoms with E-state index in [1.165, 1.54) is 24.3 Å². The Hall–Kier alpha value is -3.42. The third-order valence-corrected chi connectivity index (χ3v) is 4.14. The van der Waals surface area contributed by atoms with E-state index in [1.807, 2.05) is 19.2 Å². The summed E-state index contributed by atoms with van der Waals surface area (Å²) in [5.74, 6) is 0.716. The summed E-state index contributed by atoms with van der Waals surface area (Å²) in [5, 5.41) is 2.90. The van der Waals surface area contributed by atoms with Crippen molar-refractivity contribution < 1.29 is 23.0 Å². The van der Waals surface area contributed by atoms with Crippen LogP contribution in [0.4, 0.5) is 8.78 Å². The first kappa shape index (κ1) is 19.3. The summed E-state index contributed by atoms with van der Waals surface area (Å²) in [7, 11) is 3.38. The minimum absolute atomic E-state index is 0.0856. The van der Waals surface area contributed by atoms with Crippen LogP contribution in [-0.2, 0) is 7.05 Å². The van der Waals surface area contributed by atoms with Crippen LogP contribution in [0, 0.1) is 0 Å². The summed E-state index contributed by atoms with van der Waals surface area (Å²) >= 11 is 0. The van der Waals surface area contributed by atoms with E-state index in [1.54, 1.807) is 36.2 Å². The first-order chi connectivity index (χ1) is 13.5. The number of carbonyl (C=O) groups excluding carboxylic acids is 1. The van der Waals surface area contributed by atoms with Gasteiger partial charge in [-0.2, -0.15) is 8.78 Å². The van der Waals surface area contributed by atoms with E-state index in [2.05, 4.69) is 15.0 Å². The van der Waals surface area contributed by atoms with Gasteiger partial charge in [0.05, 0.1) is 7.11 Å². The second kappa shape index (κ2) is 8.51. The number of rotatable bonds is 7. The van der Waals surface area contributed by atoms with Crippen molar-refractivity contribution in [2.24, 2.45) is 7.05 Å². The van der Waals surface area contributed by atoms with Crippen LogP contribution in [0.25, 0.3) is 0 Å². The zero-order valence-corrected chi connectivity index (χ0v) is 15.3. The number of carbonyl (C=O) groups is 1. The van der Waals surface area contributed by atoms with Gasteiger partial charge in [-0.15, -0.1) is 0 Å². The number of aromatic nitrogens is 2. The van der Waals surface area contributed by atoms with Gasteiger partial charge in [-0.1, -0.05) is 18.2 Å². The zero-order chi connectivity index (χ0) is 20.1. The molecule has 0 fully saturated rings. The predicted molar refractivity (Wildman–Crippen MR) is 98.6 cm³/mol. The number of ether oxygens (including phenoxy) is 2. The van der Waals surface area contributed by atoms with E-state index in [0.717, 1.165) is 5.56 Å². The molecule has 3 rings (SSSR count). The monoisotopic (exact) mass is 387 g/mol. The van der Waals surface area contributed by atoms with Crippen molar-refractivity contribution in [1.29, 1.82) is 0 Å². The van der Waals surface area contributed by atoms with Crippen LogP contribution in [0.5, 0.6) is 11.5 Å². The molecule has 1 N–H and O–H groups in total. The number of hydrogen-bond acceptors (Lipinski definition) is 4. The van der Waals surface area contributed by atoms with E-state index < -0.39 is 18.6 Å². The number of alkyl halides is 2. The number of hydrogen-bond donors (Lipinski definition) is 1. The lowest BCUT2D eigenvalue weighted by atomic mass is 10.0. The second-order valence-corrected chi connectivity index (χ2v) is 5.99. The van der Waals surface area contributed by atoms with Gasteiger partial charge in [0.15, 0.2) is 0 Å². The summed E-state index contributed by atoms with van der Waals surface area (Å²) in [6.07, 6.45) is 3.40. The SMILES string of the molecule is COc1cccc(C(NC(=O)c2cccc(OC(F)F)c2)c2nccn2C)c1. The molecule has 0 aliphatic rings. The van der Waals surface area contributed by atoms with E-state index >= 15 is 0 Å². The van der Waals surface area contributed by atoms with E-state index in [4.69, 9.17) is 4.74 Å². The first-order valence-corrected chi connectivity index (χ1v) is 8.45. The van der Waals surface area contributed by atoms with Crippen molar-refractivity contribution in [2.75, 3.05) is 7.11 Å². The van der Waals surface area contributed by atoms with Gasteiger partial charge in [0.1, 0.15) is 23.4 Å². The van der Waals surface area contributed by atoms with Crippen molar-refractivity contribution in [1.82, 2.24) is 14.9 Å². The number of amides is 1. The largest absolute Gasteiger partial charge is 0.497 e. The molecule has 0 saturated heterocycles. The third kappa shape index (κ3) is 4.46. The predicted octanol–water partition coefficient (Wildman–Crippen LogP) is 3.55. The van der Waals surface area contributed by atoms with Crippen LogP contribution in [-0.4, -0.2) is 29.2 Å². The van der Waals surface area contributed by atoms with E-state index in [9.17, 15) is 13.6 Å². The van der Waals surface area contributed by atoms with Gasteiger partial charge in [0.2, 0.25) is 0 Å². The number of halogens is 2. The van der Waals surface area contributed by atoms with Gasteiger partial charge >= 0.3 is 6.61 Å². The summed E-state index contributed by atoms with van der Waals surface area (Å²) in [4.78, 5) is 17.1. The van der Waals surface area contributed by atoms with Crippen LogP contribution in [0.3, 0.4) is 0 Å². The molecule has 8 heteroatoms. The quantitative estimate of drug-likeness (QED) is 0.673. The fraction of sp³-hybridized carbons (Fsp3) is 0.200. The van der Waals surface area contributed by atoms with Crippen molar-refractivity contribution in [3.8, 4) is 11.5 Å². The molecule has 6 nitrogen and oxygen atoms in total. The standard InChI is InChI=1S/C20H19F2N3O3/c1-25-10-9-23-18(25)17(13-5-3-7-15(11-13)27-2)24-19(26)14-6-4-8-16(12-14)28-20(21)22/h3-12,17,20H,1-2H3,(H,24,26). The average molecular weight is 387 g/mol. The molecule has 1 atom stereocenters. The zero-order valence-electron chi connectivity index (χ0n) is 15.3. The maximum Gasteiger partial charge on any atom is 0.387 e. The maximum absolute atomic E-state index is 12.8. The number of aryl methyl sites for hydroxylation is 1. The number of nitrogens with zero attached hydrogens (tertiary/aromatic N) is 2. The molecule has 1 aromatic heterocycles. The highest BCUT2D eigenvalue weighted by Crippen LogP contribution is 2.25. The van der Waals surface area contributed by atoms with Gasteiger partial charge < -0.3 is 19.4 Å². The lowest BCUT2D eigenvalue weighted by Gasteiger charge is -2.20. The minimum atomic E-state index is -2.96. The van der Waals surface area contributed by atoms with Gasteiger partial charge in [0, 0.05) is 25.0 Å². The molecule has 1 unspecified atom stereocenters. The lowest BCUT2D eigenvalue weighted by Crippen LogP contribution is -2.31. The first-order valence-electron chi connectivity index (χ1n) is 8.45. The van der Waals surface area contributed by atoms with E-state index in [0.29, 0.717) is 11.6 Å². The van der Waals surface area contributed by atoms with Crippen LogP contribution in [0.1, 0.15) is 27.8 Å². The molecule has 1 amide bonds. The molecule has 3 aromatic rings. The highest BCUT2D eigenvalue weighted by atomic mass is 19.3. The Morgan fingerprint density at radius 3 is 2.57 bits per heavy atom. The van der Waals surface area contributed by atoms with Gasteiger partial charge in [-0.05, 0) is 35.9 Å². The van der Waals surface area contributed by atoms with Crippen molar-refractivity contribution >= 4 is 5.91 Å². The normalized spacial score (nSPS) is 11.9. The molecular formula is C20H19F2N3O3. The summed E-state index contributed by atoms with van der Waals surface area (Å²) in [6.45, 7) is -2.96. The fourth-order valence-electron chi connectivity index (χ4n) is 2.80. The molecule has 0 spiro atoms. The molecule has 146 valence electrons. The van der Waals surface area contributed by atoms with Gasteiger partial charge in [-0.25, -0.2) is 4.98 Å². The maximum atomic E-state index is 12.8.